The number of para-hydroxylation sites is 4. The first-order chi connectivity index (χ1) is 32.8. The zero-order valence-corrected chi connectivity index (χ0v) is 35.9. The zero-order chi connectivity index (χ0) is 43.8. The van der Waals surface area contributed by atoms with Gasteiger partial charge in [-0.25, -0.2) is 0 Å². The van der Waals surface area contributed by atoms with Gasteiger partial charge in [0, 0.05) is 92.2 Å². The molecule has 0 N–H and O–H groups in total. The van der Waals surface area contributed by atoms with E-state index in [-0.39, 0.29) is 0 Å². The van der Waals surface area contributed by atoms with Crippen molar-refractivity contribution in [3.05, 3.63) is 255 Å². The Hall–Kier alpha value is -9.00. The van der Waals surface area contributed by atoms with E-state index in [0.29, 0.717) is 0 Å². The van der Waals surface area contributed by atoms with Gasteiger partial charge >= 0.3 is 0 Å². The molecule has 4 heterocycles. The molecule has 66 heavy (non-hydrogen) atoms. The minimum Gasteiger partial charge on any atom is -0.310 e. The molecule has 6 heteroatoms. The van der Waals surface area contributed by atoms with Crippen LogP contribution in [-0.4, -0.2) is 19.1 Å². The number of pyridine rings is 2. The Kier molecular flexibility index (Phi) is 9.73. The second-order valence-electron chi connectivity index (χ2n) is 16.4. The van der Waals surface area contributed by atoms with Gasteiger partial charge in [0.15, 0.2) is 0 Å². The summed E-state index contributed by atoms with van der Waals surface area (Å²) in [6.45, 7) is 0. The van der Waals surface area contributed by atoms with Gasteiger partial charge in [-0.05, 0) is 132 Å². The van der Waals surface area contributed by atoms with Gasteiger partial charge in [0.05, 0.1) is 22.1 Å². The van der Waals surface area contributed by atoms with Gasteiger partial charge in [0.25, 0.3) is 0 Å². The van der Waals surface area contributed by atoms with Gasteiger partial charge in [-0.15, -0.1) is 0 Å². The fourth-order valence-corrected chi connectivity index (χ4v) is 9.50. The maximum atomic E-state index is 4.49. The van der Waals surface area contributed by atoms with Crippen LogP contribution in [0.1, 0.15) is 0 Å². The third-order valence-corrected chi connectivity index (χ3v) is 12.4. The first-order valence-electron chi connectivity index (χ1n) is 22.2. The number of aromatic nitrogens is 4. The Morgan fingerprint density at radius 2 is 0.652 bits per heavy atom. The molecule has 0 aliphatic carbocycles. The van der Waals surface area contributed by atoms with Crippen LogP contribution in [0.4, 0.5) is 34.1 Å². The highest BCUT2D eigenvalue weighted by molar-refractivity contribution is 6.21. The third-order valence-electron chi connectivity index (χ3n) is 12.4. The van der Waals surface area contributed by atoms with Crippen molar-refractivity contribution in [3.63, 3.8) is 0 Å². The number of benzene rings is 8. The van der Waals surface area contributed by atoms with Crippen LogP contribution in [-0.2, 0) is 0 Å². The summed E-state index contributed by atoms with van der Waals surface area (Å²) in [5.74, 6) is 0. The lowest BCUT2D eigenvalue weighted by Gasteiger charge is -2.26. The molecule has 0 aliphatic rings. The van der Waals surface area contributed by atoms with E-state index >= 15 is 0 Å². The molecule has 0 saturated carbocycles. The van der Waals surface area contributed by atoms with Crippen molar-refractivity contribution in [1.29, 1.82) is 0 Å². The molecule has 0 aliphatic heterocycles. The van der Waals surface area contributed by atoms with Gasteiger partial charge < -0.3 is 18.9 Å². The standard InChI is InChI=1S/C60H42N6/c1-5-21-47(22-6-1)63(48-23-7-2-8-24-48)53-31-33-57-55(39-53)59-60(65(57)51-29-13-17-43(37-51)45-19-15-35-61-41-45)56-40-54(64(49-25-9-3-10-26-49)50-27-11-4-12-28-50)32-34-58(56)66(59)52-30-14-18-44(38-52)46-20-16-36-62-42-46/h1-42H. The lowest BCUT2D eigenvalue weighted by molar-refractivity contribution is 1.17. The quantitative estimate of drug-likeness (QED) is 0.137. The van der Waals surface area contributed by atoms with E-state index < -0.39 is 0 Å². The Bertz CT molecular complexity index is 3300. The monoisotopic (exact) mass is 846 g/mol. The van der Waals surface area contributed by atoms with Crippen molar-refractivity contribution >= 4 is 67.0 Å². The van der Waals surface area contributed by atoms with Crippen molar-refractivity contribution in [2.45, 2.75) is 0 Å². The van der Waals surface area contributed by atoms with Crippen molar-refractivity contribution < 1.29 is 0 Å². The van der Waals surface area contributed by atoms with E-state index in [2.05, 4.69) is 247 Å². The van der Waals surface area contributed by atoms with E-state index in [0.717, 1.165) is 101 Å². The van der Waals surface area contributed by atoms with Crippen molar-refractivity contribution in [1.82, 2.24) is 19.1 Å². The Morgan fingerprint density at radius 3 is 1.00 bits per heavy atom. The maximum absolute atomic E-state index is 4.49. The molecule has 8 aromatic carbocycles. The molecule has 0 amide bonds. The molecule has 0 atom stereocenters. The summed E-state index contributed by atoms with van der Waals surface area (Å²) in [4.78, 5) is 13.7. The molecule has 312 valence electrons. The molecule has 12 rings (SSSR count). The fourth-order valence-electron chi connectivity index (χ4n) is 9.50. The van der Waals surface area contributed by atoms with Crippen LogP contribution in [0.3, 0.4) is 0 Å². The highest BCUT2D eigenvalue weighted by Crippen LogP contribution is 2.46. The number of hydrogen-bond acceptors (Lipinski definition) is 4. The first-order valence-corrected chi connectivity index (χ1v) is 22.2. The Balaban J connectivity index is 1.21. The normalized spacial score (nSPS) is 11.3. The van der Waals surface area contributed by atoms with Gasteiger partial charge in [-0.2, -0.15) is 0 Å². The predicted molar refractivity (Wildman–Crippen MR) is 273 cm³/mol. The summed E-state index contributed by atoms with van der Waals surface area (Å²) in [5, 5.41) is 2.25. The SMILES string of the molecule is c1ccc(N(c2ccccc2)c2ccc3c(c2)c2c(c4cc(N(c5ccccc5)c5ccccc5)ccc4n2-c2cccc(-c4cccnc4)c2)n3-c2cccc(-c3cccnc3)c2)cc1. The second kappa shape index (κ2) is 16.6. The molecule has 0 spiro atoms. The second-order valence-corrected chi connectivity index (χ2v) is 16.4. The smallest absolute Gasteiger partial charge is 0.0804 e. The number of anilines is 6. The van der Waals surface area contributed by atoms with Crippen LogP contribution < -0.4 is 9.80 Å². The molecule has 0 saturated heterocycles. The lowest BCUT2D eigenvalue weighted by atomic mass is 10.1. The van der Waals surface area contributed by atoms with Gasteiger partial charge in [-0.1, -0.05) is 109 Å². The number of rotatable bonds is 10. The van der Waals surface area contributed by atoms with Gasteiger partial charge in [0.2, 0.25) is 0 Å². The topological polar surface area (TPSA) is 42.1 Å². The van der Waals surface area contributed by atoms with Crippen molar-refractivity contribution in [3.8, 4) is 33.6 Å². The van der Waals surface area contributed by atoms with Crippen LogP contribution in [0, 0.1) is 0 Å². The number of nitrogens with zero attached hydrogens (tertiary/aromatic N) is 6. The molecule has 4 aromatic heterocycles. The zero-order valence-electron chi connectivity index (χ0n) is 35.9. The summed E-state index contributed by atoms with van der Waals surface area (Å²) >= 11 is 0. The van der Waals surface area contributed by atoms with Crippen LogP contribution in [0.15, 0.2) is 255 Å². The largest absolute Gasteiger partial charge is 0.310 e. The molecule has 0 fully saturated rings. The molecule has 0 bridgehead atoms. The molecule has 6 nitrogen and oxygen atoms in total. The highest BCUT2D eigenvalue weighted by atomic mass is 15.2. The molecular formula is C60H42N6. The Morgan fingerprint density at radius 1 is 0.288 bits per heavy atom. The highest BCUT2D eigenvalue weighted by Gasteiger charge is 2.26. The van der Waals surface area contributed by atoms with E-state index in [4.69, 9.17) is 0 Å². The summed E-state index contributed by atoms with van der Waals surface area (Å²) in [6, 6.07) is 82.3. The van der Waals surface area contributed by atoms with E-state index in [1.165, 1.54) is 0 Å². The molecular weight excluding hydrogens is 805 g/mol. The van der Waals surface area contributed by atoms with Gasteiger partial charge in [0.1, 0.15) is 0 Å². The van der Waals surface area contributed by atoms with E-state index in [9.17, 15) is 0 Å². The number of fused-ring (bicyclic) bond motifs is 5. The summed E-state index contributed by atoms with van der Waals surface area (Å²) in [5.41, 5.74) is 17.3. The van der Waals surface area contributed by atoms with Crippen LogP contribution in [0.5, 0.6) is 0 Å². The summed E-state index contributed by atoms with van der Waals surface area (Å²) in [7, 11) is 0. The average molecular weight is 847 g/mol. The summed E-state index contributed by atoms with van der Waals surface area (Å²) in [6.07, 6.45) is 7.52. The van der Waals surface area contributed by atoms with Crippen molar-refractivity contribution in [2.24, 2.45) is 0 Å². The Labute approximate surface area is 383 Å². The molecule has 0 radical (unpaired) electrons. The van der Waals surface area contributed by atoms with Crippen LogP contribution >= 0.6 is 0 Å². The van der Waals surface area contributed by atoms with E-state index in [1.54, 1.807) is 0 Å². The lowest BCUT2D eigenvalue weighted by Crippen LogP contribution is -2.10. The maximum Gasteiger partial charge on any atom is 0.0804 e. The minimum absolute atomic E-state index is 1.06. The fraction of sp³-hybridized carbons (Fsp3) is 0. The first kappa shape index (κ1) is 38.7. The van der Waals surface area contributed by atoms with Crippen molar-refractivity contribution in [2.75, 3.05) is 9.80 Å². The molecule has 12 aromatic rings. The average Bonchev–Trinajstić information content (AvgIpc) is 3.90. The van der Waals surface area contributed by atoms with Gasteiger partial charge in [-0.3, -0.25) is 9.97 Å². The minimum atomic E-state index is 1.06. The summed E-state index contributed by atoms with van der Waals surface area (Å²) < 4.78 is 4.93. The number of hydrogen-bond donors (Lipinski definition) is 0. The van der Waals surface area contributed by atoms with Crippen LogP contribution in [0.2, 0.25) is 0 Å². The molecule has 0 unspecified atom stereocenters. The third kappa shape index (κ3) is 6.85. The van der Waals surface area contributed by atoms with Crippen LogP contribution in [0.25, 0.3) is 66.5 Å². The predicted octanol–water partition coefficient (Wildman–Crippen LogP) is 15.8. The van der Waals surface area contributed by atoms with E-state index in [1.807, 2.05) is 36.9 Å².